The van der Waals surface area contributed by atoms with Gasteiger partial charge in [0.2, 0.25) is 0 Å². The minimum Gasteiger partial charge on any atom is -0.504 e. The zero-order valence-electron chi connectivity index (χ0n) is 8.25. The second-order valence-corrected chi connectivity index (χ2v) is 3.80. The number of aromatic hydroxyl groups is 2. The summed E-state index contributed by atoms with van der Waals surface area (Å²) in [5.41, 5.74) is 2.06. The normalized spacial score (nSPS) is 20.5. The Balaban J connectivity index is 2.36. The molecule has 14 heavy (non-hydrogen) atoms. The van der Waals surface area contributed by atoms with Crippen molar-refractivity contribution in [3.05, 3.63) is 23.3 Å². The molecular formula is C11H15NO2. The summed E-state index contributed by atoms with van der Waals surface area (Å²) in [4.78, 5) is 0. The number of likely N-dealkylation sites (N-methyl/N-ethyl adjacent to an activating group) is 1. The third-order valence-electron chi connectivity index (χ3n) is 2.98. The van der Waals surface area contributed by atoms with Crippen LogP contribution in [0.4, 0.5) is 0 Å². The van der Waals surface area contributed by atoms with E-state index in [9.17, 15) is 10.2 Å². The van der Waals surface area contributed by atoms with Gasteiger partial charge in [0.25, 0.3) is 0 Å². The summed E-state index contributed by atoms with van der Waals surface area (Å²) in [5, 5.41) is 22.2. The van der Waals surface area contributed by atoms with Gasteiger partial charge in [-0.15, -0.1) is 0 Å². The van der Waals surface area contributed by atoms with E-state index in [0.29, 0.717) is 6.04 Å². The second-order valence-electron chi connectivity index (χ2n) is 3.80. The van der Waals surface area contributed by atoms with Gasteiger partial charge in [-0.25, -0.2) is 0 Å². The Kier molecular flexibility index (Phi) is 2.33. The first kappa shape index (κ1) is 9.34. The highest BCUT2D eigenvalue weighted by molar-refractivity contribution is 5.50. The fourth-order valence-electron chi connectivity index (χ4n) is 2.07. The molecule has 0 aromatic heterocycles. The molecule has 1 aliphatic carbocycles. The SMILES string of the molecule is CN[C@@H]1CCc2c(ccc(O)c2O)C1. The van der Waals surface area contributed by atoms with Crippen molar-refractivity contribution in [2.75, 3.05) is 7.05 Å². The Bertz CT molecular complexity index is 349. The van der Waals surface area contributed by atoms with Gasteiger partial charge in [0.05, 0.1) is 0 Å². The number of nitrogens with one attached hydrogen (secondary N) is 1. The van der Waals surface area contributed by atoms with E-state index < -0.39 is 0 Å². The zero-order valence-corrected chi connectivity index (χ0v) is 8.25. The van der Waals surface area contributed by atoms with Gasteiger partial charge in [-0.2, -0.15) is 0 Å². The summed E-state index contributed by atoms with van der Waals surface area (Å²) in [6, 6.07) is 3.95. The van der Waals surface area contributed by atoms with Gasteiger partial charge in [0, 0.05) is 11.6 Å². The van der Waals surface area contributed by atoms with Crippen molar-refractivity contribution in [1.82, 2.24) is 5.32 Å². The molecule has 0 bridgehead atoms. The third-order valence-corrected chi connectivity index (χ3v) is 2.98. The predicted octanol–water partition coefficient (Wildman–Crippen LogP) is 1.17. The van der Waals surface area contributed by atoms with Gasteiger partial charge in [-0.05, 0) is 37.9 Å². The van der Waals surface area contributed by atoms with Gasteiger partial charge in [-0.3, -0.25) is 0 Å². The van der Waals surface area contributed by atoms with Crippen LogP contribution < -0.4 is 5.32 Å². The van der Waals surface area contributed by atoms with Crippen molar-refractivity contribution >= 4 is 0 Å². The molecule has 0 saturated carbocycles. The highest BCUT2D eigenvalue weighted by Crippen LogP contribution is 2.35. The van der Waals surface area contributed by atoms with E-state index in [1.165, 1.54) is 0 Å². The fourth-order valence-corrected chi connectivity index (χ4v) is 2.07. The van der Waals surface area contributed by atoms with E-state index in [-0.39, 0.29) is 11.5 Å². The van der Waals surface area contributed by atoms with E-state index in [1.807, 2.05) is 13.1 Å². The smallest absolute Gasteiger partial charge is 0.160 e. The lowest BCUT2D eigenvalue weighted by Gasteiger charge is -2.24. The highest BCUT2D eigenvalue weighted by atomic mass is 16.3. The molecule has 2 rings (SSSR count). The molecule has 0 fully saturated rings. The van der Waals surface area contributed by atoms with Crippen molar-refractivity contribution in [2.45, 2.75) is 25.3 Å². The van der Waals surface area contributed by atoms with E-state index in [2.05, 4.69) is 5.32 Å². The Morgan fingerprint density at radius 2 is 2.14 bits per heavy atom. The van der Waals surface area contributed by atoms with Crippen LogP contribution in [0.1, 0.15) is 17.5 Å². The van der Waals surface area contributed by atoms with Crippen LogP contribution in [0, 0.1) is 0 Å². The second kappa shape index (κ2) is 3.50. The van der Waals surface area contributed by atoms with Crippen LogP contribution >= 0.6 is 0 Å². The minimum atomic E-state index is -0.00772. The summed E-state index contributed by atoms with van der Waals surface area (Å²) in [6.07, 6.45) is 2.78. The van der Waals surface area contributed by atoms with Gasteiger partial charge >= 0.3 is 0 Å². The van der Waals surface area contributed by atoms with E-state index >= 15 is 0 Å². The molecule has 76 valence electrons. The minimum absolute atomic E-state index is 0.00772. The molecule has 0 radical (unpaired) electrons. The molecule has 3 heteroatoms. The topological polar surface area (TPSA) is 52.5 Å². The van der Waals surface area contributed by atoms with Crippen LogP contribution in [0.2, 0.25) is 0 Å². The average molecular weight is 193 g/mol. The number of phenols is 2. The summed E-state index contributed by atoms with van der Waals surface area (Å²) in [6.45, 7) is 0. The Labute approximate surface area is 83.4 Å². The molecule has 3 N–H and O–H groups in total. The first-order valence-corrected chi connectivity index (χ1v) is 4.92. The summed E-state index contributed by atoms with van der Waals surface area (Å²) in [5.74, 6) is 0.0590. The van der Waals surface area contributed by atoms with Crippen LogP contribution in [0.3, 0.4) is 0 Å². The zero-order chi connectivity index (χ0) is 10.1. The van der Waals surface area contributed by atoms with Crippen molar-refractivity contribution in [3.8, 4) is 11.5 Å². The first-order valence-electron chi connectivity index (χ1n) is 4.92. The largest absolute Gasteiger partial charge is 0.504 e. The van der Waals surface area contributed by atoms with Crippen molar-refractivity contribution in [3.63, 3.8) is 0 Å². The number of rotatable bonds is 1. The molecule has 0 heterocycles. The molecule has 1 aliphatic rings. The Morgan fingerprint density at radius 1 is 1.36 bits per heavy atom. The molecule has 3 nitrogen and oxygen atoms in total. The number of fused-ring (bicyclic) bond motifs is 1. The maximum Gasteiger partial charge on any atom is 0.160 e. The quantitative estimate of drug-likeness (QED) is 0.587. The molecule has 0 aliphatic heterocycles. The number of hydrogen-bond donors (Lipinski definition) is 3. The molecule has 1 atom stereocenters. The van der Waals surface area contributed by atoms with Crippen LogP contribution in [0.25, 0.3) is 0 Å². The van der Waals surface area contributed by atoms with E-state index in [4.69, 9.17) is 0 Å². The lowest BCUT2D eigenvalue weighted by atomic mass is 9.87. The maximum absolute atomic E-state index is 9.63. The molecule has 1 aromatic carbocycles. The Morgan fingerprint density at radius 3 is 2.86 bits per heavy atom. The summed E-state index contributed by atoms with van der Waals surface area (Å²) in [7, 11) is 1.95. The lowest BCUT2D eigenvalue weighted by molar-refractivity contribution is 0.391. The van der Waals surface area contributed by atoms with E-state index in [1.54, 1.807) is 6.07 Å². The van der Waals surface area contributed by atoms with Crippen molar-refractivity contribution < 1.29 is 10.2 Å². The van der Waals surface area contributed by atoms with Crippen LogP contribution in [-0.4, -0.2) is 23.3 Å². The molecule has 0 unspecified atom stereocenters. The van der Waals surface area contributed by atoms with Crippen LogP contribution in [0.15, 0.2) is 12.1 Å². The van der Waals surface area contributed by atoms with Gasteiger partial charge in [0.1, 0.15) is 0 Å². The maximum atomic E-state index is 9.63. The van der Waals surface area contributed by atoms with Crippen LogP contribution in [-0.2, 0) is 12.8 Å². The van der Waals surface area contributed by atoms with Crippen molar-refractivity contribution in [2.24, 2.45) is 0 Å². The van der Waals surface area contributed by atoms with Crippen LogP contribution in [0.5, 0.6) is 11.5 Å². The molecule has 1 aromatic rings. The summed E-state index contributed by atoms with van der Waals surface area (Å²) >= 11 is 0. The summed E-state index contributed by atoms with van der Waals surface area (Å²) < 4.78 is 0. The fraction of sp³-hybridized carbons (Fsp3) is 0.455. The van der Waals surface area contributed by atoms with E-state index in [0.717, 1.165) is 30.4 Å². The number of benzene rings is 1. The van der Waals surface area contributed by atoms with Crippen molar-refractivity contribution in [1.29, 1.82) is 0 Å². The number of phenolic OH excluding ortho intramolecular Hbond substituents is 2. The third kappa shape index (κ3) is 1.44. The lowest BCUT2D eigenvalue weighted by Crippen LogP contribution is -2.31. The standard InChI is InChI=1S/C11H15NO2/c1-12-8-3-4-9-7(6-8)2-5-10(13)11(9)14/h2,5,8,12-14H,3-4,6H2,1H3/t8-/m1/s1. The Hall–Kier alpha value is -1.22. The van der Waals surface area contributed by atoms with Gasteiger partial charge in [0.15, 0.2) is 11.5 Å². The highest BCUT2D eigenvalue weighted by Gasteiger charge is 2.20. The first-order chi connectivity index (χ1) is 6.72. The molecule has 0 spiro atoms. The molecular weight excluding hydrogens is 178 g/mol. The van der Waals surface area contributed by atoms with Gasteiger partial charge in [-0.1, -0.05) is 6.07 Å². The molecule has 0 amide bonds. The predicted molar refractivity (Wildman–Crippen MR) is 54.6 cm³/mol. The molecule has 0 saturated heterocycles. The van der Waals surface area contributed by atoms with Gasteiger partial charge < -0.3 is 15.5 Å². The average Bonchev–Trinajstić information content (AvgIpc) is 2.23. The monoisotopic (exact) mass is 193 g/mol. The number of hydrogen-bond acceptors (Lipinski definition) is 3.